The lowest BCUT2D eigenvalue weighted by Gasteiger charge is -2.13. The predicted octanol–water partition coefficient (Wildman–Crippen LogP) is 2.33. The molecule has 0 amide bonds. The molecule has 0 atom stereocenters. The van der Waals surface area contributed by atoms with Crippen molar-refractivity contribution in [1.29, 1.82) is 0 Å². The van der Waals surface area contributed by atoms with Crippen molar-refractivity contribution in [2.24, 2.45) is 0 Å². The summed E-state index contributed by atoms with van der Waals surface area (Å²) in [6.45, 7) is 0. The van der Waals surface area contributed by atoms with Gasteiger partial charge in [0.15, 0.2) is 0 Å². The highest BCUT2D eigenvalue weighted by molar-refractivity contribution is 7.48. The number of hydrogen-bond acceptors (Lipinski definition) is 3. The van der Waals surface area contributed by atoms with Gasteiger partial charge < -0.3 is 9.05 Å². The molecule has 1 N–H and O–H groups in total. The van der Waals surface area contributed by atoms with E-state index in [1.807, 2.05) is 0 Å². The van der Waals surface area contributed by atoms with Crippen LogP contribution in [0.4, 0.5) is 0 Å². The minimum absolute atomic E-state index is 0. The summed E-state index contributed by atoms with van der Waals surface area (Å²) in [4.78, 5) is 9.53. The molecule has 2 aromatic rings. The van der Waals surface area contributed by atoms with Gasteiger partial charge in [-0.2, -0.15) is 0 Å². The van der Waals surface area contributed by atoms with E-state index in [1.165, 1.54) is 0 Å². The van der Waals surface area contributed by atoms with Crippen molar-refractivity contribution in [3.63, 3.8) is 0 Å². The molecule has 2 rings (SSSR count). The van der Waals surface area contributed by atoms with E-state index >= 15 is 0 Å². The van der Waals surface area contributed by atoms with Crippen molar-refractivity contribution in [2.75, 3.05) is 0 Å². The SMILES string of the molecule is O=P(O)(Oc1ccccc1)Oc1ccccc1.[MgH2]. The maximum absolute atomic E-state index is 11.7. The van der Waals surface area contributed by atoms with Gasteiger partial charge in [-0.15, -0.1) is 0 Å². The molecule has 0 aromatic heterocycles. The minimum Gasteiger partial charge on any atom is -0.395 e. The lowest BCUT2D eigenvalue weighted by atomic mass is 10.3. The number of hydrogen-bond donors (Lipinski definition) is 1. The van der Waals surface area contributed by atoms with Crippen LogP contribution in [0.3, 0.4) is 0 Å². The molecular formula is C12H13MgO4P. The van der Waals surface area contributed by atoms with E-state index in [0.717, 1.165) is 0 Å². The molecular weight excluding hydrogens is 263 g/mol. The fourth-order valence-corrected chi connectivity index (χ4v) is 2.06. The summed E-state index contributed by atoms with van der Waals surface area (Å²) in [5, 5.41) is 0. The molecule has 0 bridgehead atoms. The Morgan fingerprint density at radius 2 is 1.11 bits per heavy atom. The van der Waals surface area contributed by atoms with E-state index in [0.29, 0.717) is 0 Å². The van der Waals surface area contributed by atoms with Crippen LogP contribution < -0.4 is 9.05 Å². The maximum Gasteiger partial charge on any atom is 0.584 e. The molecule has 0 heterocycles. The Kier molecular flexibility index (Phi) is 5.69. The van der Waals surface area contributed by atoms with Gasteiger partial charge in [0, 0.05) is 0 Å². The third-order valence-electron chi connectivity index (χ3n) is 1.93. The Morgan fingerprint density at radius 3 is 1.44 bits per heavy atom. The van der Waals surface area contributed by atoms with Crippen molar-refractivity contribution < 1.29 is 18.5 Å². The molecule has 0 aliphatic heterocycles. The van der Waals surface area contributed by atoms with Gasteiger partial charge in [-0.3, -0.25) is 4.89 Å². The number of phosphoric acid groups is 1. The first kappa shape index (κ1) is 15.1. The van der Waals surface area contributed by atoms with E-state index in [1.54, 1.807) is 60.7 Å². The molecule has 92 valence electrons. The minimum atomic E-state index is -4.14. The van der Waals surface area contributed by atoms with Crippen LogP contribution >= 0.6 is 7.82 Å². The van der Waals surface area contributed by atoms with Crippen LogP contribution in [0.1, 0.15) is 0 Å². The standard InChI is InChI=1S/C12H11O4P.Mg.2H/c13-17(14,15-11-7-3-1-4-8-11)16-12-9-5-2-6-10-12;;;/h1-10H,(H,13,14);;;. The normalized spacial score (nSPS) is 10.3. The highest BCUT2D eigenvalue weighted by atomic mass is 31.2. The zero-order chi connectivity index (χ0) is 12.1. The van der Waals surface area contributed by atoms with Crippen molar-refractivity contribution >= 4 is 30.9 Å². The number of phosphoric ester groups is 1. The monoisotopic (exact) mass is 276 g/mol. The molecule has 0 saturated heterocycles. The average Bonchev–Trinajstić information content (AvgIpc) is 2.30. The number of benzene rings is 2. The first-order chi connectivity index (χ1) is 8.16. The van der Waals surface area contributed by atoms with E-state index < -0.39 is 7.82 Å². The van der Waals surface area contributed by atoms with Gasteiger partial charge in [0.2, 0.25) is 0 Å². The van der Waals surface area contributed by atoms with Gasteiger partial charge in [-0.1, -0.05) is 36.4 Å². The van der Waals surface area contributed by atoms with Crippen LogP contribution in [0.15, 0.2) is 60.7 Å². The summed E-state index contributed by atoms with van der Waals surface area (Å²) >= 11 is 0. The molecule has 0 aliphatic carbocycles. The molecule has 2 aromatic carbocycles. The second-order valence-corrected chi connectivity index (χ2v) is 4.58. The van der Waals surface area contributed by atoms with E-state index in [4.69, 9.17) is 9.05 Å². The fraction of sp³-hybridized carbons (Fsp3) is 0. The number of rotatable bonds is 4. The van der Waals surface area contributed by atoms with Gasteiger partial charge in [-0.25, -0.2) is 4.57 Å². The molecule has 0 unspecified atom stereocenters. The highest BCUT2D eigenvalue weighted by Gasteiger charge is 2.24. The summed E-state index contributed by atoms with van der Waals surface area (Å²) in [6, 6.07) is 16.7. The number of para-hydroxylation sites is 2. The topological polar surface area (TPSA) is 55.8 Å². The summed E-state index contributed by atoms with van der Waals surface area (Å²) < 4.78 is 21.5. The van der Waals surface area contributed by atoms with Gasteiger partial charge in [0.05, 0.1) is 0 Å². The largest absolute Gasteiger partial charge is 0.584 e. The molecule has 18 heavy (non-hydrogen) atoms. The molecule has 0 saturated carbocycles. The Labute approximate surface area is 121 Å². The lowest BCUT2D eigenvalue weighted by Crippen LogP contribution is -1.99. The quantitative estimate of drug-likeness (QED) is 0.688. The van der Waals surface area contributed by atoms with Gasteiger partial charge >= 0.3 is 30.9 Å². The van der Waals surface area contributed by atoms with Crippen LogP contribution in [0, 0.1) is 0 Å². The Morgan fingerprint density at radius 1 is 0.778 bits per heavy atom. The van der Waals surface area contributed by atoms with Crippen molar-refractivity contribution in [3.05, 3.63) is 60.7 Å². The third kappa shape index (κ3) is 4.70. The first-order valence-corrected chi connectivity index (χ1v) is 6.47. The fourth-order valence-electron chi connectivity index (χ4n) is 1.25. The van der Waals surface area contributed by atoms with E-state index in [2.05, 4.69) is 0 Å². The molecule has 0 radical (unpaired) electrons. The van der Waals surface area contributed by atoms with Gasteiger partial charge in [0.1, 0.15) is 11.5 Å². The van der Waals surface area contributed by atoms with Gasteiger partial charge in [-0.05, 0) is 24.3 Å². The lowest BCUT2D eigenvalue weighted by molar-refractivity contribution is 0.291. The maximum atomic E-state index is 11.7. The zero-order valence-electron chi connectivity index (χ0n) is 8.89. The smallest absolute Gasteiger partial charge is 0.395 e. The second kappa shape index (κ2) is 6.80. The van der Waals surface area contributed by atoms with E-state index in [-0.39, 0.29) is 34.6 Å². The average molecular weight is 277 g/mol. The van der Waals surface area contributed by atoms with Crippen molar-refractivity contribution in [1.82, 2.24) is 0 Å². The van der Waals surface area contributed by atoms with Crippen LogP contribution in [0.2, 0.25) is 0 Å². The predicted molar refractivity (Wildman–Crippen MR) is 72.5 cm³/mol. The van der Waals surface area contributed by atoms with Crippen molar-refractivity contribution in [2.45, 2.75) is 0 Å². The Bertz CT molecular complexity index is 473. The van der Waals surface area contributed by atoms with Gasteiger partial charge in [0.25, 0.3) is 0 Å². The summed E-state index contributed by atoms with van der Waals surface area (Å²) in [6.07, 6.45) is 0. The molecule has 6 heteroatoms. The Hall–Kier alpha value is -1.00. The zero-order valence-corrected chi connectivity index (χ0v) is 9.79. The van der Waals surface area contributed by atoms with E-state index in [9.17, 15) is 9.46 Å². The Balaban J connectivity index is 0.00000162. The highest BCUT2D eigenvalue weighted by Crippen LogP contribution is 2.43. The summed E-state index contributed by atoms with van der Waals surface area (Å²) in [5.41, 5.74) is 0. The van der Waals surface area contributed by atoms with Crippen LogP contribution in [-0.4, -0.2) is 27.9 Å². The molecule has 0 fully saturated rings. The molecule has 0 spiro atoms. The summed E-state index contributed by atoms with van der Waals surface area (Å²) in [7, 11) is -4.14. The first-order valence-electron chi connectivity index (χ1n) is 4.98. The second-order valence-electron chi connectivity index (χ2n) is 3.28. The molecule has 0 aliphatic rings. The summed E-state index contributed by atoms with van der Waals surface area (Å²) in [5.74, 6) is 0.573. The third-order valence-corrected chi connectivity index (χ3v) is 2.81. The molecule has 4 nitrogen and oxygen atoms in total. The van der Waals surface area contributed by atoms with Crippen LogP contribution in [0.5, 0.6) is 11.5 Å². The van der Waals surface area contributed by atoms with Crippen molar-refractivity contribution in [3.8, 4) is 11.5 Å². The van der Waals surface area contributed by atoms with Crippen LogP contribution in [0.25, 0.3) is 0 Å². The van der Waals surface area contributed by atoms with Crippen LogP contribution in [-0.2, 0) is 4.57 Å².